The van der Waals surface area contributed by atoms with Gasteiger partial charge < -0.3 is 10.4 Å². The lowest BCUT2D eigenvalue weighted by molar-refractivity contribution is -0.117. The van der Waals surface area contributed by atoms with Crippen molar-refractivity contribution in [1.29, 1.82) is 0 Å². The SMILES string of the molecule is CCC(CO)NC(=O)/C=C/c1ccc(Cl)cc1Cl. The van der Waals surface area contributed by atoms with Crippen LogP contribution in [0.2, 0.25) is 10.0 Å². The first kappa shape index (κ1) is 15.0. The number of nitrogens with one attached hydrogen (secondary N) is 1. The van der Waals surface area contributed by atoms with E-state index in [-0.39, 0.29) is 18.6 Å². The van der Waals surface area contributed by atoms with Crippen LogP contribution in [0.3, 0.4) is 0 Å². The summed E-state index contributed by atoms with van der Waals surface area (Å²) in [7, 11) is 0. The zero-order valence-corrected chi connectivity index (χ0v) is 11.5. The molecule has 3 nitrogen and oxygen atoms in total. The van der Waals surface area contributed by atoms with Gasteiger partial charge in [-0.15, -0.1) is 0 Å². The highest BCUT2D eigenvalue weighted by molar-refractivity contribution is 6.35. The standard InChI is InChI=1S/C13H15Cl2NO2/c1-2-11(8-17)16-13(18)6-4-9-3-5-10(14)7-12(9)15/h3-7,11,17H,2,8H2,1H3,(H,16,18)/b6-4+. The number of carbonyl (C=O) groups is 1. The van der Waals surface area contributed by atoms with Crippen LogP contribution in [0.25, 0.3) is 6.08 Å². The number of hydrogen-bond donors (Lipinski definition) is 2. The molecule has 1 aromatic carbocycles. The number of aliphatic hydroxyl groups is 1. The average molecular weight is 288 g/mol. The predicted molar refractivity (Wildman–Crippen MR) is 74.8 cm³/mol. The van der Waals surface area contributed by atoms with E-state index in [0.29, 0.717) is 22.0 Å². The monoisotopic (exact) mass is 287 g/mol. The van der Waals surface area contributed by atoms with E-state index in [9.17, 15) is 4.79 Å². The van der Waals surface area contributed by atoms with Crippen LogP contribution < -0.4 is 5.32 Å². The van der Waals surface area contributed by atoms with E-state index in [0.717, 1.165) is 0 Å². The zero-order valence-electron chi connectivity index (χ0n) is 9.99. The van der Waals surface area contributed by atoms with E-state index < -0.39 is 0 Å². The molecule has 0 aromatic heterocycles. The molecular formula is C13H15Cl2NO2. The van der Waals surface area contributed by atoms with E-state index >= 15 is 0 Å². The van der Waals surface area contributed by atoms with Crippen LogP contribution >= 0.6 is 23.2 Å². The second kappa shape index (κ2) is 7.41. The third-order valence-electron chi connectivity index (χ3n) is 2.44. The summed E-state index contributed by atoms with van der Waals surface area (Å²) in [6, 6.07) is 4.83. The maximum Gasteiger partial charge on any atom is 0.244 e. The fraction of sp³-hybridized carbons (Fsp3) is 0.308. The summed E-state index contributed by atoms with van der Waals surface area (Å²) in [5.74, 6) is -0.262. The van der Waals surface area contributed by atoms with Gasteiger partial charge >= 0.3 is 0 Å². The maximum atomic E-state index is 11.5. The molecule has 2 N–H and O–H groups in total. The van der Waals surface area contributed by atoms with Crippen LogP contribution in [0.4, 0.5) is 0 Å². The zero-order chi connectivity index (χ0) is 13.5. The molecule has 0 bridgehead atoms. The smallest absolute Gasteiger partial charge is 0.244 e. The van der Waals surface area contributed by atoms with Gasteiger partial charge in [-0.2, -0.15) is 0 Å². The number of hydrogen-bond acceptors (Lipinski definition) is 2. The van der Waals surface area contributed by atoms with Gasteiger partial charge in [-0.1, -0.05) is 36.2 Å². The highest BCUT2D eigenvalue weighted by atomic mass is 35.5. The predicted octanol–water partition coefficient (Wildman–Crippen LogP) is 2.89. The van der Waals surface area contributed by atoms with Gasteiger partial charge in [-0.25, -0.2) is 0 Å². The second-order valence-corrected chi connectivity index (χ2v) is 4.64. The molecule has 0 fully saturated rings. The molecule has 1 rings (SSSR count). The first-order valence-electron chi connectivity index (χ1n) is 5.61. The van der Waals surface area contributed by atoms with Crippen molar-refractivity contribution in [2.45, 2.75) is 19.4 Å². The van der Waals surface area contributed by atoms with Gasteiger partial charge in [0, 0.05) is 16.1 Å². The number of rotatable bonds is 5. The van der Waals surface area contributed by atoms with Crippen molar-refractivity contribution in [1.82, 2.24) is 5.32 Å². The molecule has 1 aromatic rings. The van der Waals surface area contributed by atoms with Crippen LogP contribution in [0.1, 0.15) is 18.9 Å². The Hall–Kier alpha value is -1.03. The third-order valence-corrected chi connectivity index (χ3v) is 3.00. The average Bonchev–Trinajstić information content (AvgIpc) is 2.35. The molecule has 1 atom stereocenters. The largest absolute Gasteiger partial charge is 0.394 e. The highest BCUT2D eigenvalue weighted by Crippen LogP contribution is 2.21. The lowest BCUT2D eigenvalue weighted by atomic mass is 10.2. The third kappa shape index (κ3) is 4.69. The molecule has 98 valence electrons. The Morgan fingerprint density at radius 2 is 2.22 bits per heavy atom. The Bertz CT molecular complexity index is 443. The lowest BCUT2D eigenvalue weighted by Gasteiger charge is -2.11. The molecule has 0 aliphatic carbocycles. The Balaban J connectivity index is 2.66. The van der Waals surface area contributed by atoms with Crippen LogP contribution in [0, 0.1) is 0 Å². The fourth-order valence-corrected chi connectivity index (χ4v) is 1.80. The van der Waals surface area contributed by atoms with E-state index in [1.807, 2.05) is 6.92 Å². The molecule has 5 heteroatoms. The van der Waals surface area contributed by atoms with E-state index in [1.54, 1.807) is 24.3 Å². The first-order valence-corrected chi connectivity index (χ1v) is 6.37. The van der Waals surface area contributed by atoms with Gasteiger partial charge in [-0.05, 0) is 30.2 Å². The van der Waals surface area contributed by atoms with E-state index in [4.69, 9.17) is 28.3 Å². The molecule has 0 aliphatic rings. The minimum absolute atomic E-state index is 0.0716. The van der Waals surface area contributed by atoms with Gasteiger partial charge in [0.2, 0.25) is 5.91 Å². The molecule has 1 amide bonds. The number of amides is 1. The molecule has 0 saturated heterocycles. The normalized spacial score (nSPS) is 12.7. The van der Waals surface area contributed by atoms with E-state index in [2.05, 4.69) is 5.32 Å². The first-order chi connectivity index (χ1) is 8.56. The topological polar surface area (TPSA) is 49.3 Å². The summed E-state index contributed by atoms with van der Waals surface area (Å²) in [5, 5.41) is 12.7. The van der Waals surface area contributed by atoms with Crippen molar-refractivity contribution < 1.29 is 9.90 Å². The molecule has 0 radical (unpaired) electrons. The molecule has 18 heavy (non-hydrogen) atoms. The minimum Gasteiger partial charge on any atom is -0.394 e. The van der Waals surface area contributed by atoms with Gasteiger partial charge in [0.15, 0.2) is 0 Å². The molecule has 0 saturated carbocycles. The molecule has 0 heterocycles. The number of benzene rings is 1. The van der Waals surface area contributed by atoms with Crippen molar-refractivity contribution in [2.75, 3.05) is 6.61 Å². The van der Waals surface area contributed by atoms with Crippen molar-refractivity contribution in [3.63, 3.8) is 0 Å². The van der Waals surface area contributed by atoms with Crippen LogP contribution in [0.5, 0.6) is 0 Å². The fourth-order valence-electron chi connectivity index (χ4n) is 1.33. The van der Waals surface area contributed by atoms with Crippen molar-refractivity contribution in [3.8, 4) is 0 Å². The maximum absolute atomic E-state index is 11.5. The summed E-state index contributed by atoms with van der Waals surface area (Å²) in [5.41, 5.74) is 0.716. The quantitative estimate of drug-likeness (QED) is 0.818. The van der Waals surface area contributed by atoms with Gasteiger partial charge in [-0.3, -0.25) is 4.79 Å². The lowest BCUT2D eigenvalue weighted by Crippen LogP contribution is -2.35. The molecule has 1 unspecified atom stereocenters. The summed E-state index contributed by atoms with van der Waals surface area (Å²) in [6.07, 6.45) is 3.67. The number of aliphatic hydroxyl groups excluding tert-OH is 1. The second-order valence-electron chi connectivity index (χ2n) is 3.80. The molecule has 0 spiro atoms. The molecule has 0 aliphatic heterocycles. The summed E-state index contributed by atoms with van der Waals surface area (Å²) in [4.78, 5) is 11.5. The summed E-state index contributed by atoms with van der Waals surface area (Å²) in [6.45, 7) is 1.82. The Morgan fingerprint density at radius 3 is 2.78 bits per heavy atom. The van der Waals surface area contributed by atoms with Crippen LogP contribution in [-0.2, 0) is 4.79 Å². The van der Waals surface area contributed by atoms with Gasteiger partial charge in [0.05, 0.1) is 12.6 Å². The van der Waals surface area contributed by atoms with Crippen molar-refractivity contribution in [2.24, 2.45) is 0 Å². The van der Waals surface area contributed by atoms with E-state index in [1.165, 1.54) is 6.08 Å². The summed E-state index contributed by atoms with van der Waals surface area (Å²) >= 11 is 11.7. The van der Waals surface area contributed by atoms with Gasteiger partial charge in [0.1, 0.15) is 0 Å². The Morgan fingerprint density at radius 1 is 1.50 bits per heavy atom. The Kier molecular flexibility index (Phi) is 6.19. The highest BCUT2D eigenvalue weighted by Gasteiger charge is 2.06. The van der Waals surface area contributed by atoms with Crippen molar-refractivity contribution >= 4 is 35.2 Å². The Labute approximate surface area is 116 Å². The number of halogens is 2. The van der Waals surface area contributed by atoms with Crippen molar-refractivity contribution in [3.05, 3.63) is 39.9 Å². The van der Waals surface area contributed by atoms with Crippen LogP contribution in [0.15, 0.2) is 24.3 Å². The molecular weight excluding hydrogens is 273 g/mol. The number of carbonyl (C=O) groups excluding carboxylic acids is 1. The summed E-state index contributed by atoms with van der Waals surface area (Å²) < 4.78 is 0. The van der Waals surface area contributed by atoms with Crippen LogP contribution in [-0.4, -0.2) is 23.7 Å². The van der Waals surface area contributed by atoms with Gasteiger partial charge in [0.25, 0.3) is 0 Å². The minimum atomic E-state index is -0.262.